The van der Waals surface area contributed by atoms with Crippen molar-refractivity contribution in [3.05, 3.63) is 29.3 Å². The fourth-order valence-corrected chi connectivity index (χ4v) is 1.75. The number of amides is 1. The Labute approximate surface area is 82.1 Å². The van der Waals surface area contributed by atoms with Gasteiger partial charge in [0, 0.05) is 23.7 Å². The lowest BCUT2D eigenvalue weighted by atomic mass is 10.3. The molecule has 1 heterocycles. The highest BCUT2D eigenvalue weighted by atomic mass is 35.5. The second-order valence-corrected chi connectivity index (χ2v) is 3.57. The van der Waals surface area contributed by atoms with Crippen LogP contribution >= 0.6 is 11.6 Å². The summed E-state index contributed by atoms with van der Waals surface area (Å²) in [6.45, 7) is 0.819. The molecule has 1 aliphatic rings. The first kappa shape index (κ1) is 8.57. The van der Waals surface area contributed by atoms with Gasteiger partial charge < -0.3 is 4.90 Å². The fraction of sp³-hybridized carbons (Fsp3) is 0.300. The summed E-state index contributed by atoms with van der Waals surface area (Å²) >= 11 is 5.83. The lowest BCUT2D eigenvalue weighted by molar-refractivity contribution is -0.117. The largest absolute Gasteiger partial charge is 0.312 e. The maximum Gasteiger partial charge on any atom is 0.227 e. The molecule has 2 nitrogen and oxygen atoms in total. The standard InChI is InChI=1S/C10H10ClNO/c11-8-3-1-4-9(7-8)12-6-2-5-10(12)13/h1,3-4,7H,2,5-6H2. The number of anilines is 1. The van der Waals surface area contributed by atoms with Gasteiger partial charge in [-0.2, -0.15) is 0 Å². The molecular formula is C10H10ClNO. The topological polar surface area (TPSA) is 20.3 Å². The number of benzene rings is 1. The van der Waals surface area contributed by atoms with Crippen LogP contribution < -0.4 is 4.90 Å². The molecule has 0 unspecified atom stereocenters. The van der Waals surface area contributed by atoms with Crippen LogP contribution in [0, 0.1) is 0 Å². The molecule has 1 aromatic carbocycles. The molecular weight excluding hydrogens is 186 g/mol. The van der Waals surface area contributed by atoms with Crippen LogP contribution in [0.5, 0.6) is 0 Å². The number of carbonyl (C=O) groups is 1. The van der Waals surface area contributed by atoms with E-state index in [4.69, 9.17) is 11.6 Å². The van der Waals surface area contributed by atoms with E-state index in [0.29, 0.717) is 11.4 Å². The van der Waals surface area contributed by atoms with Crippen LogP contribution in [0.1, 0.15) is 12.8 Å². The predicted octanol–water partition coefficient (Wildman–Crippen LogP) is 2.47. The maximum absolute atomic E-state index is 11.4. The third-order valence-electron chi connectivity index (χ3n) is 2.19. The summed E-state index contributed by atoms with van der Waals surface area (Å²) in [6, 6.07) is 7.41. The Morgan fingerprint density at radius 1 is 1.38 bits per heavy atom. The molecule has 1 fully saturated rings. The number of halogens is 1. The van der Waals surface area contributed by atoms with Gasteiger partial charge in [0.25, 0.3) is 0 Å². The molecule has 0 aliphatic carbocycles. The van der Waals surface area contributed by atoms with Crippen LogP contribution in [-0.2, 0) is 4.79 Å². The number of rotatable bonds is 1. The Hall–Kier alpha value is -1.02. The third-order valence-corrected chi connectivity index (χ3v) is 2.43. The number of hydrogen-bond acceptors (Lipinski definition) is 1. The number of nitrogens with zero attached hydrogens (tertiary/aromatic N) is 1. The predicted molar refractivity (Wildman–Crippen MR) is 53.0 cm³/mol. The van der Waals surface area contributed by atoms with Crippen LogP contribution in [0.25, 0.3) is 0 Å². The quantitative estimate of drug-likeness (QED) is 0.674. The first-order valence-electron chi connectivity index (χ1n) is 4.33. The first-order valence-corrected chi connectivity index (χ1v) is 4.71. The molecule has 13 heavy (non-hydrogen) atoms. The van der Waals surface area contributed by atoms with Crippen molar-refractivity contribution in [2.24, 2.45) is 0 Å². The molecule has 0 radical (unpaired) electrons. The van der Waals surface area contributed by atoms with E-state index in [0.717, 1.165) is 18.7 Å². The zero-order valence-electron chi connectivity index (χ0n) is 7.16. The monoisotopic (exact) mass is 195 g/mol. The van der Waals surface area contributed by atoms with Crippen LogP contribution in [0.2, 0.25) is 5.02 Å². The van der Waals surface area contributed by atoms with Crippen molar-refractivity contribution in [1.82, 2.24) is 0 Å². The molecule has 0 atom stereocenters. The lowest BCUT2D eigenvalue weighted by Gasteiger charge is -2.15. The molecule has 1 aromatic rings. The van der Waals surface area contributed by atoms with Crippen molar-refractivity contribution in [2.75, 3.05) is 11.4 Å². The molecule has 3 heteroatoms. The van der Waals surface area contributed by atoms with Gasteiger partial charge in [0.1, 0.15) is 0 Å². The summed E-state index contributed by atoms with van der Waals surface area (Å²) in [6.07, 6.45) is 1.61. The second kappa shape index (κ2) is 3.38. The molecule has 68 valence electrons. The van der Waals surface area contributed by atoms with E-state index in [1.165, 1.54) is 0 Å². The van der Waals surface area contributed by atoms with E-state index in [-0.39, 0.29) is 5.91 Å². The van der Waals surface area contributed by atoms with Gasteiger partial charge in [0.15, 0.2) is 0 Å². The zero-order valence-corrected chi connectivity index (χ0v) is 7.92. The zero-order chi connectivity index (χ0) is 9.26. The van der Waals surface area contributed by atoms with Crippen molar-refractivity contribution >= 4 is 23.2 Å². The Balaban J connectivity index is 2.29. The Morgan fingerprint density at radius 2 is 2.23 bits per heavy atom. The van der Waals surface area contributed by atoms with E-state index < -0.39 is 0 Å². The molecule has 0 saturated carbocycles. The summed E-state index contributed by atoms with van der Waals surface area (Å²) in [4.78, 5) is 13.2. The van der Waals surface area contributed by atoms with E-state index in [2.05, 4.69) is 0 Å². The molecule has 1 saturated heterocycles. The van der Waals surface area contributed by atoms with Crippen molar-refractivity contribution < 1.29 is 4.79 Å². The molecule has 0 aromatic heterocycles. The van der Waals surface area contributed by atoms with Crippen molar-refractivity contribution in [3.63, 3.8) is 0 Å². The normalized spacial score (nSPS) is 16.7. The molecule has 1 amide bonds. The van der Waals surface area contributed by atoms with Crippen molar-refractivity contribution in [3.8, 4) is 0 Å². The van der Waals surface area contributed by atoms with Crippen molar-refractivity contribution in [2.45, 2.75) is 12.8 Å². The van der Waals surface area contributed by atoms with Gasteiger partial charge in [-0.25, -0.2) is 0 Å². The Bertz CT molecular complexity index is 337. The van der Waals surface area contributed by atoms with Gasteiger partial charge in [-0.3, -0.25) is 4.79 Å². The highest BCUT2D eigenvalue weighted by Crippen LogP contribution is 2.23. The molecule has 0 bridgehead atoms. The van der Waals surface area contributed by atoms with E-state index >= 15 is 0 Å². The van der Waals surface area contributed by atoms with E-state index in [1.807, 2.05) is 24.3 Å². The summed E-state index contributed by atoms with van der Waals surface area (Å²) in [7, 11) is 0. The van der Waals surface area contributed by atoms with Crippen molar-refractivity contribution in [1.29, 1.82) is 0 Å². The highest BCUT2D eigenvalue weighted by molar-refractivity contribution is 6.30. The maximum atomic E-state index is 11.4. The minimum absolute atomic E-state index is 0.197. The smallest absolute Gasteiger partial charge is 0.227 e. The van der Waals surface area contributed by atoms with Crippen LogP contribution in [0.3, 0.4) is 0 Å². The van der Waals surface area contributed by atoms with Gasteiger partial charge in [-0.15, -0.1) is 0 Å². The Kier molecular flexibility index (Phi) is 2.23. The van der Waals surface area contributed by atoms with Gasteiger partial charge in [-0.1, -0.05) is 17.7 Å². The number of hydrogen-bond donors (Lipinski definition) is 0. The summed E-state index contributed by atoms with van der Waals surface area (Å²) < 4.78 is 0. The van der Waals surface area contributed by atoms with Gasteiger partial charge in [-0.05, 0) is 24.6 Å². The summed E-state index contributed by atoms with van der Waals surface area (Å²) in [5.41, 5.74) is 0.912. The van der Waals surface area contributed by atoms with E-state index in [9.17, 15) is 4.79 Å². The SMILES string of the molecule is O=C1CCCN1c1cccc(Cl)c1. The third kappa shape index (κ3) is 1.68. The summed E-state index contributed by atoms with van der Waals surface area (Å²) in [5.74, 6) is 0.197. The Morgan fingerprint density at radius 3 is 2.85 bits per heavy atom. The minimum Gasteiger partial charge on any atom is -0.312 e. The first-order chi connectivity index (χ1) is 6.27. The average Bonchev–Trinajstić information content (AvgIpc) is 2.51. The lowest BCUT2D eigenvalue weighted by Crippen LogP contribution is -2.23. The van der Waals surface area contributed by atoms with Gasteiger partial charge >= 0.3 is 0 Å². The summed E-state index contributed by atoms with van der Waals surface area (Å²) in [5, 5.41) is 0.678. The van der Waals surface area contributed by atoms with Gasteiger partial charge in [0.05, 0.1) is 0 Å². The molecule has 2 rings (SSSR count). The minimum atomic E-state index is 0.197. The van der Waals surface area contributed by atoms with Crippen LogP contribution in [-0.4, -0.2) is 12.5 Å². The second-order valence-electron chi connectivity index (χ2n) is 3.13. The molecule has 1 aliphatic heterocycles. The van der Waals surface area contributed by atoms with Gasteiger partial charge in [0.2, 0.25) is 5.91 Å². The average molecular weight is 196 g/mol. The van der Waals surface area contributed by atoms with E-state index in [1.54, 1.807) is 4.90 Å². The van der Waals surface area contributed by atoms with Crippen LogP contribution in [0.15, 0.2) is 24.3 Å². The number of carbonyl (C=O) groups excluding carboxylic acids is 1. The fourth-order valence-electron chi connectivity index (χ4n) is 1.57. The molecule has 0 spiro atoms. The molecule has 0 N–H and O–H groups in total. The van der Waals surface area contributed by atoms with Crippen LogP contribution in [0.4, 0.5) is 5.69 Å². The highest BCUT2D eigenvalue weighted by Gasteiger charge is 2.21.